The third kappa shape index (κ3) is 2.53. The number of imide groups is 1. The number of amides is 3. The molecule has 3 amide bonds. The Hall–Kier alpha value is -2.87. The molecule has 0 aromatic heterocycles. The number of hydrazine groups is 1. The maximum Gasteiger partial charge on any atom is 0.355 e. The number of hydrogen-bond donors (Lipinski definition) is 1. The Morgan fingerprint density at radius 2 is 2.00 bits per heavy atom. The number of nitrogens with one attached hydrogen (secondary N) is 1. The molecule has 26 heavy (non-hydrogen) atoms. The Kier molecular flexibility index (Phi) is 4.23. The molecule has 2 aliphatic rings. The first-order valence-electron chi connectivity index (χ1n) is 7.73. The molecule has 9 heteroatoms. The lowest BCUT2D eigenvalue weighted by Crippen LogP contribution is -2.56. The Balaban J connectivity index is 2.07. The molecule has 1 atom stereocenters. The normalized spacial score (nSPS) is 21.9. The first kappa shape index (κ1) is 17.9. The molecule has 2 aliphatic heterocycles. The van der Waals surface area contributed by atoms with Gasteiger partial charge in [-0.3, -0.25) is 19.8 Å². The van der Waals surface area contributed by atoms with Crippen molar-refractivity contribution in [3.63, 3.8) is 0 Å². The van der Waals surface area contributed by atoms with Crippen LogP contribution in [0.15, 0.2) is 30.0 Å². The van der Waals surface area contributed by atoms with E-state index in [2.05, 4.69) is 10.2 Å². The molecule has 8 nitrogen and oxygen atoms in total. The average molecular weight is 378 g/mol. The van der Waals surface area contributed by atoms with Crippen LogP contribution in [0.4, 0.5) is 5.69 Å². The third-order valence-corrected chi connectivity index (χ3v) is 4.80. The van der Waals surface area contributed by atoms with Gasteiger partial charge in [0.05, 0.1) is 19.2 Å². The Morgan fingerprint density at radius 3 is 2.58 bits per heavy atom. The molecular weight excluding hydrogens is 362 g/mol. The molecule has 2 heterocycles. The van der Waals surface area contributed by atoms with Crippen LogP contribution in [0, 0.1) is 6.92 Å². The van der Waals surface area contributed by atoms with Crippen LogP contribution in [0.3, 0.4) is 0 Å². The van der Waals surface area contributed by atoms with Crippen molar-refractivity contribution in [3.8, 4) is 0 Å². The van der Waals surface area contributed by atoms with E-state index in [0.29, 0.717) is 10.7 Å². The van der Waals surface area contributed by atoms with Gasteiger partial charge in [0.1, 0.15) is 5.70 Å². The summed E-state index contributed by atoms with van der Waals surface area (Å²) in [6, 6.07) is 4.80. The van der Waals surface area contributed by atoms with Crippen LogP contribution >= 0.6 is 11.6 Å². The molecule has 136 valence electrons. The summed E-state index contributed by atoms with van der Waals surface area (Å²) in [5.74, 6) is -2.43. The van der Waals surface area contributed by atoms with Crippen LogP contribution in [0.1, 0.15) is 18.9 Å². The van der Waals surface area contributed by atoms with Crippen LogP contribution in [0.2, 0.25) is 5.02 Å². The van der Waals surface area contributed by atoms with E-state index in [4.69, 9.17) is 11.6 Å². The second kappa shape index (κ2) is 6.14. The lowest BCUT2D eigenvalue weighted by atomic mass is 9.96. The monoisotopic (exact) mass is 377 g/mol. The molecule has 0 unspecified atom stereocenters. The van der Waals surface area contributed by atoms with E-state index < -0.39 is 29.2 Å². The fourth-order valence-electron chi connectivity index (χ4n) is 3.09. The molecule has 1 fully saturated rings. The Morgan fingerprint density at radius 1 is 1.31 bits per heavy atom. The molecule has 0 radical (unpaired) electrons. The number of esters is 1. The number of nitrogens with zero attached hydrogens (tertiary/aromatic N) is 2. The molecule has 1 spiro atoms. The summed E-state index contributed by atoms with van der Waals surface area (Å²) in [5, 5.41) is 1.39. The molecule has 3 rings (SSSR count). The van der Waals surface area contributed by atoms with Crippen molar-refractivity contribution in [1.29, 1.82) is 0 Å². The number of aryl methyl sites for hydroxylation is 1. The highest BCUT2D eigenvalue weighted by Gasteiger charge is 2.59. The van der Waals surface area contributed by atoms with E-state index in [1.165, 1.54) is 26.2 Å². The zero-order chi connectivity index (χ0) is 19.2. The second-order valence-corrected chi connectivity index (χ2v) is 6.49. The van der Waals surface area contributed by atoms with Crippen molar-refractivity contribution in [3.05, 3.63) is 40.6 Å². The number of carbonyl (C=O) groups excluding carboxylic acids is 4. The van der Waals surface area contributed by atoms with E-state index in [9.17, 15) is 19.2 Å². The number of rotatable bonds is 2. The number of halogens is 1. The van der Waals surface area contributed by atoms with Gasteiger partial charge in [0, 0.05) is 11.9 Å². The van der Waals surface area contributed by atoms with Gasteiger partial charge in [0.25, 0.3) is 5.91 Å². The molecule has 1 saturated heterocycles. The maximum absolute atomic E-state index is 13.1. The van der Waals surface area contributed by atoms with Crippen molar-refractivity contribution in [2.45, 2.75) is 25.8 Å². The number of carbonyl (C=O) groups is 4. The summed E-state index contributed by atoms with van der Waals surface area (Å²) < 4.78 is 4.63. The quantitative estimate of drug-likeness (QED) is 0.612. The lowest BCUT2D eigenvalue weighted by molar-refractivity contribution is -0.143. The maximum atomic E-state index is 13.1. The zero-order valence-corrected chi connectivity index (χ0v) is 15.1. The van der Waals surface area contributed by atoms with Crippen molar-refractivity contribution in [1.82, 2.24) is 10.4 Å². The summed E-state index contributed by atoms with van der Waals surface area (Å²) in [5.41, 5.74) is 1.96. The number of hydrogen-bond acceptors (Lipinski definition) is 6. The first-order chi connectivity index (χ1) is 12.2. The number of anilines is 1. The lowest BCUT2D eigenvalue weighted by Gasteiger charge is -2.30. The summed E-state index contributed by atoms with van der Waals surface area (Å²) in [6.45, 7) is 3.02. The minimum absolute atomic E-state index is 0.0763. The zero-order valence-electron chi connectivity index (χ0n) is 14.3. The second-order valence-electron chi connectivity index (χ2n) is 6.08. The fraction of sp³-hybridized carbons (Fsp3) is 0.294. The number of methoxy groups -OCH3 is 1. The SMILES string of the molecule is COC(=O)C1=C[C@@]2(CC(=O)N(c3ccc(C)c(Cl)c3)C2=O)N(C(C)=O)N1. The van der Waals surface area contributed by atoms with Gasteiger partial charge in [-0.2, -0.15) is 0 Å². The van der Waals surface area contributed by atoms with Gasteiger partial charge in [-0.05, 0) is 30.7 Å². The van der Waals surface area contributed by atoms with E-state index in [1.807, 2.05) is 0 Å². The molecule has 1 N–H and O–H groups in total. The van der Waals surface area contributed by atoms with Crippen molar-refractivity contribution >= 4 is 41.0 Å². The first-order valence-corrected chi connectivity index (χ1v) is 8.11. The molecular formula is C17H16ClN3O5. The van der Waals surface area contributed by atoms with Gasteiger partial charge in [0.15, 0.2) is 5.54 Å². The Labute approximate surface area is 154 Å². The van der Waals surface area contributed by atoms with Gasteiger partial charge in [-0.15, -0.1) is 0 Å². The molecule has 0 bridgehead atoms. The van der Waals surface area contributed by atoms with E-state index in [-0.39, 0.29) is 12.1 Å². The molecule has 0 saturated carbocycles. The smallest absolute Gasteiger partial charge is 0.355 e. The van der Waals surface area contributed by atoms with Crippen LogP contribution in [0.5, 0.6) is 0 Å². The van der Waals surface area contributed by atoms with Gasteiger partial charge < -0.3 is 4.74 Å². The summed E-state index contributed by atoms with van der Waals surface area (Å²) in [6.07, 6.45) is 0.959. The van der Waals surface area contributed by atoms with Gasteiger partial charge >= 0.3 is 5.97 Å². The van der Waals surface area contributed by atoms with Crippen LogP contribution in [0.25, 0.3) is 0 Å². The highest BCUT2D eigenvalue weighted by Crippen LogP contribution is 2.39. The molecule has 1 aromatic rings. The highest BCUT2D eigenvalue weighted by molar-refractivity contribution is 6.32. The van der Waals surface area contributed by atoms with Crippen molar-refractivity contribution in [2.75, 3.05) is 12.0 Å². The highest BCUT2D eigenvalue weighted by atomic mass is 35.5. The van der Waals surface area contributed by atoms with Crippen LogP contribution < -0.4 is 10.3 Å². The van der Waals surface area contributed by atoms with E-state index in [1.54, 1.807) is 19.1 Å². The van der Waals surface area contributed by atoms with Crippen LogP contribution in [-0.2, 0) is 23.9 Å². The molecule has 0 aliphatic carbocycles. The van der Waals surface area contributed by atoms with Crippen molar-refractivity contribution in [2.24, 2.45) is 0 Å². The fourth-order valence-corrected chi connectivity index (χ4v) is 3.27. The summed E-state index contributed by atoms with van der Waals surface area (Å²) in [4.78, 5) is 50.6. The van der Waals surface area contributed by atoms with Crippen molar-refractivity contribution < 1.29 is 23.9 Å². The van der Waals surface area contributed by atoms with E-state index in [0.717, 1.165) is 15.5 Å². The molecule has 1 aromatic carbocycles. The van der Waals surface area contributed by atoms with Gasteiger partial charge in [-0.25, -0.2) is 14.7 Å². The third-order valence-electron chi connectivity index (χ3n) is 4.39. The number of ether oxygens (including phenoxy) is 1. The van der Waals surface area contributed by atoms with Gasteiger partial charge in [0.2, 0.25) is 11.8 Å². The Bertz CT molecular complexity index is 881. The summed E-state index contributed by atoms with van der Waals surface area (Å²) in [7, 11) is 1.18. The van der Waals surface area contributed by atoms with Gasteiger partial charge in [-0.1, -0.05) is 17.7 Å². The standard InChI is InChI=1S/C17H16ClN3O5/c1-9-4-5-11(6-12(9)18)20-14(23)8-17(16(20)25)7-13(15(24)26-3)19-21(17)10(2)22/h4-7,19H,8H2,1-3H3/t17-/m0/s1. The minimum atomic E-state index is -1.62. The summed E-state index contributed by atoms with van der Waals surface area (Å²) >= 11 is 6.10. The predicted molar refractivity (Wildman–Crippen MR) is 91.8 cm³/mol. The largest absolute Gasteiger partial charge is 0.464 e. The topological polar surface area (TPSA) is 96.0 Å². The van der Waals surface area contributed by atoms with Crippen LogP contribution in [-0.4, -0.2) is 41.3 Å². The van der Waals surface area contributed by atoms with E-state index >= 15 is 0 Å². The average Bonchev–Trinajstić information content (AvgIpc) is 3.08. The minimum Gasteiger partial charge on any atom is -0.464 e. The predicted octanol–water partition coefficient (Wildman–Crippen LogP) is 1.07. The number of benzene rings is 1.